The number of hydrogen-bond acceptors (Lipinski definition) is 12. The lowest BCUT2D eigenvalue weighted by molar-refractivity contribution is -0.161. The van der Waals surface area contributed by atoms with Crippen LogP contribution in [0.25, 0.3) is 0 Å². The molecule has 0 amide bonds. The fourth-order valence-electron chi connectivity index (χ4n) is 5.34. The summed E-state index contributed by atoms with van der Waals surface area (Å²) in [5.41, 5.74) is 0. The largest absolute Gasteiger partial charge is 0.472 e. The number of hydrogen-bond donors (Lipinski definition) is 6. The van der Waals surface area contributed by atoms with Gasteiger partial charge in [0.2, 0.25) is 0 Å². The maximum absolute atomic E-state index is 12.7. The molecule has 65 heavy (non-hydrogen) atoms. The molecular formula is C48H78O15P2. The van der Waals surface area contributed by atoms with Crippen molar-refractivity contribution < 1.29 is 71.8 Å². The summed E-state index contributed by atoms with van der Waals surface area (Å²) in [5.74, 6) is -1.29. The minimum atomic E-state index is -4.90. The number of phosphoric ester groups is 2. The monoisotopic (exact) mass is 956 g/mol. The van der Waals surface area contributed by atoms with Crippen LogP contribution < -0.4 is 0 Å². The number of carbonyl (C=O) groups excluding carboxylic acids is 2. The molecule has 0 spiro atoms. The summed E-state index contributed by atoms with van der Waals surface area (Å²) in [6.45, 7) is 1.27. The Hall–Kier alpha value is -3.30. The van der Waals surface area contributed by atoms with Gasteiger partial charge < -0.3 is 39.5 Å². The van der Waals surface area contributed by atoms with Gasteiger partial charge >= 0.3 is 27.6 Å². The van der Waals surface area contributed by atoms with Crippen LogP contribution in [0.5, 0.6) is 0 Å². The van der Waals surface area contributed by atoms with Gasteiger partial charge in [0.15, 0.2) is 6.10 Å². The minimum Gasteiger partial charge on any atom is -0.462 e. The van der Waals surface area contributed by atoms with Crippen molar-refractivity contribution in [2.24, 2.45) is 0 Å². The highest BCUT2D eigenvalue weighted by Gasteiger charge is 2.28. The summed E-state index contributed by atoms with van der Waals surface area (Å²) in [7, 11) is -9.78. The third kappa shape index (κ3) is 45.6. The van der Waals surface area contributed by atoms with Crippen LogP contribution in [0.1, 0.15) is 129 Å². The van der Waals surface area contributed by atoms with Gasteiger partial charge in [-0.1, -0.05) is 155 Å². The van der Waals surface area contributed by atoms with E-state index in [-0.39, 0.29) is 12.8 Å². The Morgan fingerprint density at radius 1 is 0.538 bits per heavy atom. The van der Waals surface area contributed by atoms with E-state index in [9.17, 15) is 38.9 Å². The Morgan fingerprint density at radius 3 is 1.75 bits per heavy atom. The number of ether oxygens (including phenoxy) is 2. The summed E-state index contributed by atoms with van der Waals surface area (Å²) >= 11 is 0. The van der Waals surface area contributed by atoms with Gasteiger partial charge in [-0.05, 0) is 70.6 Å². The van der Waals surface area contributed by atoms with E-state index >= 15 is 0 Å². The van der Waals surface area contributed by atoms with Crippen LogP contribution >= 0.6 is 15.6 Å². The SMILES string of the molecule is CC/C=C\C[C@@H](O)/C=C/C=C\C/C=C\C=C\[C@@H](O)/C=C\CCCC(=O)OC[C@H](COP(=O)(O)OC[C@@H](O)COP(=O)(O)O)OC(=O)CCC/C=C\C/C=C\C/C=C\CCCCCCCC. The van der Waals surface area contributed by atoms with Crippen molar-refractivity contribution >= 4 is 27.6 Å². The molecule has 0 radical (unpaired) electrons. The summed E-state index contributed by atoms with van der Waals surface area (Å²) in [5, 5.41) is 29.8. The highest BCUT2D eigenvalue weighted by atomic mass is 31.2. The standard InChI is InChI=1S/C48H78O15P2/c1-3-5-7-8-9-10-11-12-13-14-15-16-17-18-22-25-31-38-48(53)63-46(42-62-65(57,58)61-40-45(51)39-60-64(54,55)56)41-59-47(52)37-32-26-30-36-44(50)35-29-24-21-19-20-23-28-34-43(49)33-27-6-4-2/h6,12-13,15-16,18,20-24,27-30,34-36,43-46,49-51H,3-5,7-11,14,17,19,25-26,31-33,37-42H2,1-2H3,(H,57,58)(H2,54,55,56)/b13-12-,16-15-,22-18-,23-20-,24-21-,27-6-,34-28+,35-29+,36-30-/t43-,44-,45+,46-/m1/s1. The van der Waals surface area contributed by atoms with Crippen LogP contribution in [0.3, 0.4) is 0 Å². The molecule has 5 atom stereocenters. The van der Waals surface area contributed by atoms with Gasteiger partial charge in [-0.3, -0.25) is 23.2 Å². The smallest absolute Gasteiger partial charge is 0.462 e. The first-order valence-corrected chi connectivity index (χ1v) is 25.8. The van der Waals surface area contributed by atoms with E-state index in [1.165, 1.54) is 38.5 Å². The molecular weight excluding hydrogens is 878 g/mol. The van der Waals surface area contributed by atoms with Gasteiger partial charge in [0.25, 0.3) is 0 Å². The lowest BCUT2D eigenvalue weighted by Gasteiger charge is -2.20. The quantitative estimate of drug-likeness (QED) is 0.0110. The van der Waals surface area contributed by atoms with Crippen LogP contribution in [-0.4, -0.2) is 92.8 Å². The predicted molar refractivity (Wildman–Crippen MR) is 255 cm³/mol. The van der Waals surface area contributed by atoms with E-state index in [2.05, 4.69) is 40.3 Å². The first-order chi connectivity index (χ1) is 31.2. The molecule has 0 aromatic heterocycles. The molecule has 0 saturated carbocycles. The first kappa shape index (κ1) is 61.7. The van der Waals surface area contributed by atoms with Gasteiger partial charge in [0.05, 0.1) is 32.0 Å². The summed E-state index contributed by atoms with van der Waals surface area (Å²) < 4.78 is 47.6. The van der Waals surface area contributed by atoms with Crippen molar-refractivity contribution in [3.8, 4) is 0 Å². The molecule has 0 aromatic carbocycles. The molecule has 0 bridgehead atoms. The maximum Gasteiger partial charge on any atom is 0.472 e. The molecule has 370 valence electrons. The van der Waals surface area contributed by atoms with Gasteiger partial charge in [-0.25, -0.2) is 9.13 Å². The first-order valence-electron chi connectivity index (χ1n) is 22.8. The third-order valence-electron chi connectivity index (χ3n) is 8.81. The van der Waals surface area contributed by atoms with Crippen molar-refractivity contribution in [1.82, 2.24) is 0 Å². The summed E-state index contributed by atoms with van der Waals surface area (Å²) in [4.78, 5) is 52.7. The van der Waals surface area contributed by atoms with Crippen LogP contribution in [0.15, 0.2) is 109 Å². The topological polar surface area (TPSA) is 236 Å². The lowest BCUT2D eigenvalue weighted by Crippen LogP contribution is -2.29. The number of esters is 2. The number of carbonyl (C=O) groups is 2. The van der Waals surface area contributed by atoms with Gasteiger partial charge in [0.1, 0.15) is 12.7 Å². The molecule has 0 aromatic rings. The number of aliphatic hydroxyl groups excluding tert-OH is 3. The molecule has 0 heterocycles. The lowest BCUT2D eigenvalue weighted by atomic mass is 10.1. The van der Waals surface area contributed by atoms with Crippen LogP contribution in [0, 0.1) is 0 Å². The van der Waals surface area contributed by atoms with Gasteiger partial charge in [-0.15, -0.1) is 0 Å². The van der Waals surface area contributed by atoms with E-state index in [0.29, 0.717) is 38.5 Å². The van der Waals surface area contributed by atoms with Crippen molar-refractivity contribution in [2.75, 3.05) is 26.4 Å². The van der Waals surface area contributed by atoms with E-state index in [1.807, 2.05) is 55.5 Å². The van der Waals surface area contributed by atoms with Crippen LogP contribution in [-0.2, 0) is 41.8 Å². The van der Waals surface area contributed by atoms with Crippen LogP contribution in [0.2, 0.25) is 0 Å². The number of aliphatic hydroxyl groups is 3. The highest BCUT2D eigenvalue weighted by Crippen LogP contribution is 2.43. The second-order valence-corrected chi connectivity index (χ2v) is 17.7. The number of unbranched alkanes of at least 4 members (excludes halogenated alkanes) is 8. The molecule has 1 unspecified atom stereocenters. The van der Waals surface area contributed by atoms with E-state index in [4.69, 9.17) is 23.8 Å². The number of phosphoric acid groups is 2. The van der Waals surface area contributed by atoms with E-state index < -0.39 is 78.4 Å². The molecule has 0 saturated heterocycles. The molecule has 0 aliphatic carbocycles. The minimum absolute atomic E-state index is 0.00817. The maximum atomic E-state index is 12.7. The second-order valence-electron chi connectivity index (χ2n) is 15.0. The van der Waals surface area contributed by atoms with Crippen molar-refractivity contribution in [2.45, 2.75) is 154 Å². The molecule has 0 aliphatic heterocycles. The molecule has 17 heteroatoms. The summed E-state index contributed by atoms with van der Waals surface area (Å²) in [6, 6.07) is 0. The van der Waals surface area contributed by atoms with Gasteiger partial charge in [-0.2, -0.15) is 0 Å². The Labute approximate surface area is 387 Å². The zero-order valence-electron chi connectivity index (χ0n) is 38.5. The third-order valence-corrected chi connectivity index (χ3v) is 10.2. The zero-order valence-corrected chi connectivity index (χ0v) is 40.3. The Morgan fingerprint density at radius 2 is 1.09 bits per heavy atom. The fraction of sp³-hybridized carbons (Fsp3) is 0.583. The van der Waals surface area contributed by atoms with E-state index in [0.717, 1.165) is 25.7 Å². The Balaban J connectivity index is 4.83. The average Bonchev–Trinajstić information content (AvgIpc) is 3.26. The van der Waals surface area contributed by atoms with E-state index in [1.54, 1.807) is 36.5 Å². The van der Waals surface area contributed by atoms with Crippen molar-refractivity contribution in [1.29, 1.82) is 0 Å². The highest BCUT2D eigenvalue weighted by molar-refractivity contribution is 7.47. The normalized spacial score (nSPS) is 15.9. The molecule has 15 nitrogen and oxygen atoms in total. The van der Waals surface area contributed by atoms with Crippen molar-refractivity contribution in [3.05, 3.63) is 109 Å². The molecule has 0 rings (SSSR count). The fourth-order valence-corrected chi connectivity index (χ4v) is 6.49. The number of allylic oxidation sites excluding steroid dienone is 14. The number of rotatable bonds is 41. The van der Waals surface area contributed by atoms with Gasteiger partial charge in [0, 0.05) is 12.8 Å². The van der Waals surface area contributed by atoms with Crippen LogP contribution in [0.4, 0.5) is 0 Å². The predicted octanol–water partition coefficient (Wildman–Crippen LogP) is 9.83. The molecule has 0 aliphatic rings. The molecule has 6 N–H and O–H groups in total. The second kappa shape index (κ2) is 42.1. The molecule has 0 fully saturated rings. The summed E-state index contributed by atoms with van der Waals surface area (Å²) in [6.07, 6.45) is 44.5. The zero-order chi connectivity index (χ0) is 48.3. The Kier molecular flexibility index (Phi) is 39.9. The average molecular weight is 957 g/mol. The van der Waals surface area contributed by atoms with Crippen molar-refractivity contribution in [3.63, 3.8) is 0 Å². The Bertz CT molecular complexity index is 1590.